The molecule has 16 heteroatoms. The summed E-state index contributed by atoms with van der Waals surface area (Å²) >= 11 is 0. The first-order valence-corrected chi connectivity index (χ1v) is 8.49. The number of halogens is 15. The Kier molecular flexibility index (Phi) is 6.40. The van der Waals surface area contributed by atoms with Gasteiger partial charge < -0.3 is 5.11 Å². The zero-order valence-corrected chi connectivity index (χ0v) is 15.7. The normalized spacial score (nSPS) is 16.1. The fourth-order valence-corrected chi connectivity index (χ4v) is 2.74. The first-order chi connectivity index (χ1) is 15.0. The van der Waals surface area contributed by atoms with Gasteiger partial charge >= 0.3 is 41.7 Å². The van der Waals surface area contributed by atoms with Gasteiger partial charge in [-0.1, -0.05) is 36.4 Å². The van der Waals surface area contributed by atoms with Gasteiger partial charge in [-0.25, -0.2) is 0 Å². The van der Waals surface area contributed by atoms with Gasteiger partial charge in [-0.05, 0) is 22.4 Å². The summed E-state index contributed by atoms with van der Waals surface area (Å²) in [4.78, 5) is 0. The van der Waals surface area contributed by atoms with Gasteiger partial charge in [0, 0.05) is 0 Å². The van der Waals surface area contributed by atoms with Crippen molar-refractivity contribution in [3.63, 3.8) is 0 Å². The van der Waals surface area contributed by atoms with Crippen LogP contribution in [0.4, 0.5) is 65.9 Å². The van der Waals surface area contributed by atoms with Crippen molar-refractivity contribution in [3.8, 4) is 0 Å². The second-order valence-electron chi connectivity index (χ2n) is 7.00. The quantitative estimate of drug-likeness (QED) is 0.377. The lowest BCUT2D eigenvalue weighted by molar-refractivity contribution is -0.456. The molecule has 0 saturated carbocycles. The lowest BCUT2D eigenvalue weighted by Crippen LogP contribution is -2.73. The van der Waals surface area contributed by atoms with E-state index in [0.717, 1.165) is 12.1 Å². The third-order valence-corrected chi connectivity index (χ3v) is 4.78. The van der Waals surface area contributed by atoms with Crippen molar-refractivity contribution in [2.45, 2.75) is 47.8 Å². The van der Waals surface area contributed by atoms with Crippen LogP contribution in [0, 0.1) is 0 Å². The number of rotatable bonds is 7. The molecule has 1 atom stereocenters. The molecule has 0 aliphatic heterocycles. The van der Waals surface area contributed by atoms with Crippen molar-refractivity contribution < 1.29 is 71.0 Å². The van der Waals surface area contributed by atoms with Crippen LogP contribution >= 0.6 is 0 Å². The molecule has 0 amide bonds. The van der Waals surface area contributed by atoms with Gasteiger partial charge in [0.25, 0.3) is 0 Å². The molecule has 0 spiro atoms. The van der Waals surface area contributed by atoms with E-state index in [2.05, 4.69) is 0 Å². The average Bonchev–Trinajstić information content (AvgIpc) is 2.71. The Morgan fingerprint density at radius 1 is 0.500 bits per heavy atom. The van der Waals surface area contributed by atoms with Gasteiger partial charge in [-0.2, -0.15) is 65.9 Å². The Bertz CT molecular complexity index is 1040. The number of benzene rings is 2. The standard InChI is InChI=1S/C18H9F15O/c19-12(20,11(34)10-6-5-8-3-1-2-4-9(8)7-10)13(21,22)14(23,24)15(25,26)16(27,28)17(29,30)18(31,32)33/h1-7,11,34H. The summed E-state index contributed by atoms with van der Waals surface area (Å²) in [5, 5.41) is 9.68. The van der Waals surface area contributed by atoms with Crippen molar-refractivity contribution >= 4 is 10.8 Å². The number of aliphatic hydroxyl groups excluding tert-OH is 1. The van der Waals surface area contributed by atoms with Gasteiger partial charge in [0.05, 0.1) is 0 Å². The van der Waals surface area contributed by atoms with Crippen molar-refractivity contribution in [1.82, 2.24) is 0 Å². The zero-order valence-electron chi connectivity index (χ0n) is 15.7. The Morgan fingerprint density at radius 3 is 1.38 bits per heavy atom. The summed E-state index contributed by atoms with van der Waals surface area (Å²) in [7, 11) is 0. The molecule has 0 radical (unpaired) electrons. The lowest BCUT2D eigenvalue weighted by atomic mass is 9.87. The molecule has 2 aromatic rings. The second kappa shape index (κ2) is 7.81. The Labute approximate surface area is 178 Å². The van der Waals surface area contributed by atoms with Gasteiger partial charge in [-0.3, -0.25) is 0 Å². The van der Waals surface area contributed by atoms with E-state index in [9.17, 15) is 71.0 Å². The predicted octanol–water partition coefficient (Wildman–Crippen LogP) is 7.25. The molecule has 2 rings (SSSR count). The summed E-state index contributed by atoms with van der Waals surface area (Å²) in [5.41, 5.74) is -1.32. The monoisotopic (exact) mass is 526 g/mol. The molecule has 0 heterocycles. The summed E-state index contributed by atoms with van der Waals surface area (Å²) in [5.74, 6) is -47.6. The molecule has 34 heavy (non-hydrogen) atoms. The van der Waals surface area contributed by atoms with Crippen LogP contribution in [0.15, 0.2) is 42.5 Å². The van der Waals surface area contributed by atoms with Gasteiger partial charge in [0.2, 0.25) is 0 Å². The fourth-order valence-electron chi connectivity index (χ4n) is 2.74. The van der Waals surface area contributed by atoms with E-state index in [1.54, 1.807) is 0 Å². The summed E-state index contributed by atoms with van der Waals surface area (Å²) < 4.78 is 199. The van der Waals surface area contributed by atoms with Crippen molar-refractivity contribution in [3.05, 3.63) is 48.0 Å². The van der Waals surface area contributed by atoms with Crippen LogP contribution in [0.25, 0.3) is 10.8 Å². The van der Waals surface area contributed by atoms with Gasteiger partial charge in [0.1, 0.15) is 6.10 Å². The van der Waals surface area contributed by atoms with Crippen LogP contribution in [0.3, 0.4) is 0 Å². The molecule has 192 valence electrons. The van der Waals surface area contributed by atoms with Crippen LogP contribution in [-0.4, -0.2) is 46.8 Å². The molecular weight excluding hydrogens is 517 g/mol. The van der Waals surface area contributed by atoms with E-state index >= 15 is 0 Å². The first-order valence-electron chi connectivity index (χ1n) is 8.49. The number of fused-ring (bicyclic) bond motifs is 1. The average molecular weight is 526 g/mol. The number of hydrogen-bond donors (Lipinski definition) is 1. The second-order valence-corrected chi connectivity index (χ2v) is 7.00. The maximum Gasteiger partial charge on any atom is 0.460 e. The van der Waals surface area contributed by atoms with Gasteiger partial charge in [-0.15, -0.1) is 0 Å². The highest BCUT2D eigenvalue weighted by Gasteiger charge is 2.93. The highest BCUT2D eigenvalue weighted by Crippen LogP contribution is 2.63. The van der Waals surface area contributed by atoms with E-state index in [4.69, 9.17) is 0 Å². The highest BCUT2D eigenvalue weighted by atomic mass is 19.4. The lowest BCUT2D eigenvalue weighted by Gasteiger charge is -2.42. The van der Waals surface area contributed by atoms with Crippen LogP contribution in [0.2, 0.25) is 0 Å². The SMILES string of the molecule is OC(c1ccc2ccccc2c1)C(F)(F)C(F)(F)C(F)(F)C(F)(F)C(F)(F)C(F)(F)C(F)(F)F. The molecule has 0 aromatic heterocycles. The van der Waals surface area contributed by atoms with E-state index in [0.29, 0.717) is 12.1 Å². The smallest absolute Gasteiger partial charge is 0.382 e. The molecule has 0 saturated heterocycles. The van der Waals surface area contributed by atoms with Crippen molar-refractivity contribution in [2.75, 3.05) is 0 Å². The molecule has 0 fully saturated rings. The van der Waals surface area contributed by atoms with Crippen molar-refractivity contribution in [2.24, 2.45) is 0 Å². The third-order valence-electron chi connectivity index (χ3n) is 4.78. The summed E-state index contributed by atoms with van der Waals surface area (Å²) in [6.45, 7) is 0. The number of hydrogen-bond acceptors (Lipinski definition) is 1. The Balaban J connectivity index is 2.59. The Morgan fingerprint density at radius 2 is 0.912 bits per heavy atom. The minimum absolute atomic E-state index is 0.0772. The van der Waals surface area contributed by atoms with Crippen LogP contribution in [-0.2, 0) is 0 Å². The molecule has 2 aromatic carbocycles. The largest absolute Gasteiger partial charge is 0.460 e. The molecule has 1 unspecified atom stereocenters. The zero-order chi connectivity index (χ0) is 26.8. The molecule has 0 aliphatic rings. The van der Waals surface area contributed by atoms with Crippen LogP contribution in [0.1, 0.15) is 11.7 Å². The minimum Gasteiger partial charge on any atom is -0.382 e. The predicted molar refractivity (Wildman–Crippen MR) is 84.6 cm³/mol. The first kappa shape index (κ1) is 27.9. The van der Waals surface area contributed by atoms with Crippen LogP contribution in [0.5, 0.6) is 0 Å². The molecule has 1 nitrogen and oxygen atoms in total. The maximum atomic E-state index is 14.2. The van der Waals surface area contributed by atoms with Gasteiger partial charge in [0.15, 0.2) is 0 Å². The van der Waals surface area contributed by atoms with E-state index in [-0.39, 0.29) is 10.8 Å². The van der Waals surface area contributed by atoms with E-state index < -0.39 is 53.4 Å². The fraction of sp³-hybridized carbons (Fsp3) is 0.444. The number of aliphatic hydroxyl groups is 1. The topological polar surface area (TPSA) is 20.2 Å². The maximum absolute atomic E-state index is 14.2. The Hall–Kier alpha value is -2.39. The van der Waals surface area contributed by atoms with E-state index in [1.165, 1.54) is 18.2 Å². The minimum atomic E-state index is -8.39. The number of alkyl halides is 15. The van der Waals surface area contributed by atoms with Crippen LogP contribution < -0.4 is 0 Å². The molecular formula is C18H9F15O. The van der Waals surface area contributed by atoms with E-state index in [1.807, 2.05) is 0 Å². The summed E-state index contributed by atoms with van der Waals surface area (Å²) in [6.07, 6.45) is -11.8. The third kappa shape index (κ3) is 3.64. The highest BCUT2D eigenvalue weighted by molar-refractivity contribution is 5.83. The van der Waals surface area contributed by atoms with Crippen molar-refractivity contribution in [1.29, 1.82) is 0 Å². The summed E-state index contributed by atoms with van der Waals surface area (Å²) in [6, 6.07) is 6.98. The molecule has 0 aliphatic carbocycles. The molecule has 1 N–H and O–H groups in total. The molecule has 0 bridgehead atoms.